The van der Waals surface area contributed by atoms with Crippen LogP contribution in [0.15, 0.2) is 176 Å². The highest BCUT2D eigenvalue weighted by Crippen LogP contribution is 2.43. The van der Waals surface area contributed by atoms with Crippen molar-refractivity contribution < 1.29 is 0 Å². The molecule has 254 valence electrons. The van der Waals surface area contributed by atoms with Crippen molar-refractivity contribution in [1.29, 1.82) is 10.5 Å². The molecule has 3 heterocycles. The third kappa shape index (κ3) is 4.33. The second-order valence-corrected chi connectivity index (χ2v) is 13.9. The van der Waals surface area contributed by atoms with Crippen molar-refractivity contribution in [2.75, 3.05) is 0 Å². The lowest BCUT2D eigenvalue weighted by Gasteiger charge is -2.19. The maximum atomic E-state index is 10.9. The van der Waals surface area contributed by atoms with Gasteiger partial charge >= 0.3 is 0 Å². The summed E-state index contributed by atoms with van der Waals surface area (Å²) in [5, 5.41) is 27.5. The zero-order valence-electron chi connectivity index (χ0n) is 29.5. The monoisotopic (exact) mass is 699 g/mol. The minimum atomic E-state index is 0.582. The molecule has 0 saturated heterocycles. The fourth-order valence-corrected chi connectivity index (χ4v) is 8.91. The number of para-hydroxylation sites is 6. The zero-order valence-corrected chi connectivity index (χ0v) is 29.5. The molecule has 0 aliphatic rings. The summed E-state index contributed by atoms with van der Waals surface area (Å²) in [5.41, 5.74) is 12.3. The van der Waals surface area contributed by atoms with Gasteiger partial charge in [-0.25, -0.2) is 0 Å². The van der Waals surface area contributed by atoms with E-state index >= 15 is 0 Å². The molecule has 0 radical (unpaired) electrons. The molecule has 0 amide bonds. The van der Waals surface area contributed by atoms with Crippen LogP contribution >= 0.6 is 0 Å². The lowest BCUT2D eigenvalue weighted by molar-refractivity contribution is 1.12. The summed E-state index contributed by atoms with van der Waals surface area (Å²) >= 11 is 0. The molecule has 8 aromatic carbocycles. The van der Waals surface area contributed by atoms with E-state index in [1.54, 1.807) is 0 Å². The van der Waals surface area contributed by atoms with E-state index in [1.165, 1.54) is 10.8 Å². The molecule has 0 saturated carbocycles. The first kappa shape index (κ1) is 30.7. The molecule has 11 aromatic rings. The Morgan fingerprint density at radius 2 is 0.891 bits per heavy atom. The zero-order chi connectivity index (χ0) is 36.6. The number of aromatic nitrogens is 3. The van der Waals surface area contributed by atoms with Crippen LogP contribution in [0.2, 0.25) is 0 Å². The summed E-state index contributed by atoms with van der Waals surface area (Å²) in [6.45, 7) is 0. The van der Waals surface area contributed by atoms with Gasteiger partial charge in [-0.15, -0.1) is 0 Å². The molecule has 55 heavy (non-hydrogen) atoms. The molecule has 0 N–H and O–H groups in total. The topological polar surface area (TPSA) is 62.4 Å². The average molecular weight is 700 g/mol. The molecule has 5 nitrogen and oxygen atoms in total. The van der Waals surface area contributed by atoms with E-state index in [0.29, 0.717) is 11.1 Å². The Morgan fingerprint density at radius 3 is 1.58 bits per heavy atom. The first-order chi connectivity index (χ1) is 27.2. The summed E-state index contributed by atoms with van der Waals surface area (Å²) in [6.07, 6.45) is 0. The molecule has 0 fully saturated rings. The van der Waals surface area contributed by atoms with Crippen molar-refractivity contribution in [3.8, 4) is 40.3 Å². The second kappa shape index (κ2) is 11.8. The number of hydrogen-bond donors (Lipinski definition) is 0. The second-order valence-electron chi connectivity index (χ2n) is 13.9. The fourth-order valence-electron chi connectivity index (χ4n) is 8.91. The van der Waals surface area contributed by atoms with Crippen LogP contribution in [0.25, 0.3) is 93.6 Å². The highest BCUT2D eigenvalue weighted by atomic mass is 15.1. The minimum absolute atomic E-state index is 0.582. The van der Waals surface area contributed by atoms with Gasteiger partial charge in [-0.3, -0.25) is 0 Å². The molecule has 5 heteroatoms. The van der Waals surface area contributed by atoms with Gasteiger partial charge in [0.15, 0.2) is 0 Å². The highest BCUT2D eigenvalue weighted by Gasteiger charge is 2.24. The maximum absolute atomic E-state index is 10.9. The summed E-state index contributed by atoms with van der Waals surface area (Å²) in [7, 11) is 0. The van der Waals surface area contributed by atoms with Gasteiger partial charge in [-0.2, -0.15) is 10.5 Å². The Kier molecular flexibility index (Phi) is 6.61. The van der Waals surface area contributed by atoms with E-state index < -0.39 is 0 Å². The normalized spacial score (nSPS) is 11.6. The van der Waals surface area contributed by atoms with Gasteiger partial charge in [0.1, 0.15) is 6.07 Å². The highest BCUT2D eigenvalue weighted by molar-refractivity contribution is 6.16. The minimum Gasteiger partial charge on any atom is -0.309 e. The van der Waals surface area contributed by atoms with E-state index in [0.717, 1.165) is 82.8 Å². The lowest BCUT2D eigenvalue weighted by Crippen LogP contribution is -2.04. The number of benzene rings is 8. The number of nitrogens with zero attached hydrogens (tertiary/aromatic N) is 5. The molecule has 0 atom stereocenters. The van der Waals surface area contributed by atoms with Gasteiger partial charge in [0, 0.05) is 43.6 Å². The Hall–Kier alpha value is -7.86. The predicted octanol–water partition coefficient (Wildman–Crippen LogP) is 12.4. The maximum Gasteiger partial charge on any atom is 0.101 e. The van der Waals surface area contributed by atoms with Gasteiger partial charge in [-0.1, -0.05) is 115 Å². The van der Waals surface area contributed by atoms with E-state index in [1.807, 2.05) is 36.4 Å². The van der Waals surface area contributed by atoms with Crippen LogP contribution in [0, 0.1) is 22.7 Å². The smallest absolute Gasteiger partial charge is 0.101 e. The third-order valence-corrected chi connectivity index (χ3v) is 11.1. The van der Waals surface area contributed by atoms with Gasteiger partial charge in [0.25, 0.3) is 0 Å². The van der Waals surface area contributed by atoms with Gasteiger partial charge in [0.2, 0.25) is 0 Å². The lowest BCUT2D eigenvalue weighted by atomic mass is 9.99. The van der Waals surface area contributed by atoms with E-state index in [-0.39, 0.29) is 0 Å². The number of hydrogen-bond acceptors (Lipinski definition) is 2. The summed E-state index contributed by atoms with van der Waals surface area (Å²) in [6, 6.07) is 65.9. The quantitative estimate of drug-likeness (QED) is 0.184. The predicted molar refractivity (Wildman–Crippen MR) is 224 cm³/mol. The Morgan fingerprint density at radius 1 is 0.382 bits per heavy atom. The van der Waals surface area contributed by atoms with Crippen molar-refractivity contribution in [2.45, 2.75) is 0 Å². The standard InChI is InChI=1S/C50H29N5/c51-30-33-14-11-27-46-48(33)41-20-4-8-26-45(41)53(46)35-16-9-13-32(29-35)36-21-10-15-34(31-52)49(36)55-44-25-7-3-19-39(44)40-22-12-28-47(50(40)55)54-42-23-5-1-17-37(42)38-18-2-6-24-43(38)54/h1-29H. The van der Waals surface area contributed by atoms with Crippen LogP contribution in [0.3, 0.4) is 0 Å². The largest absolute Gasteiger partial charge is 0.309 e. The molecule has 0 bridgehead atoms. The van der Waals surface area contributed by atoms with Crippen LogP contribution in [-0.2, 0) is 0 Å². The molecule has 0 aliphatic heterocycles. The number of rotatable bonds is 4. The molecular formula is C50H29N5. The molecule has 3 aromatic heterocycles. The molecule has 11 rings (SSSR count). The molecule has 0 spiro atoms. The van der Waals surface area contributed by atoms with Crippen molar-refractivity contribution in [2.24, 2.45) is 0 Å². The van der Waals surface area contributed by atoms with Crippen LogP contribution in [-0.4, -0.2) is 13.7 Å². The Labute approximate surface area is 316 Å². The number of nitriles is 2. The van der Waals surface area contributed by atoms with E-state index in [9.17, 15) is 10.5 Å². The summed E-state index contributed by atoms with van der Waals surface area (Å²) < 4.78 is 6.92. The Balaban J connectivity index is 1.23. The molecular weight excluding hydrogens is 671 g/mol. The molecule has 0 unspecified atom stereocenters. The SMILES string of the molecule is N#Cc1cccc(-c2cccc(-n3c4ccccc4c4c(C#N)cccc43)c2)c1-n1c2ccccc2c2cccc(-n3c4ccccc4c4ccccc43)c21. The van der Waals surface area contributed by atoms with Gasteiger partial charge in [0.05, 0.1) is 61.7 Å². The van der Waals surface area contributed by atoms with Crippen molar-refractivity contribution >= 4 is 65.4 Å². The van der Waals surface area contributed by atoms with Crippen LogP contribution in [0.4, 0.5) is 0 Å². The average Bonchev–Trinajstić information content (AvgIpc) is 3.89. The van der Waals surface area contributed by atoms with Crippen LogP contribution < -0.4 is 0 Å². The summed E-state index contributed by atoms with van der Waals surface area (Å²) in [4.78, 5) is 0. The van der Waals surface area contributed by atoms with Crippen molar-refractivity contribution in [3.63, 3.8) is 0 Å². The van der Waals surface area contributed by atoms with Crippen LogP contribution in [0.5, 0.6) is 0 Å². The molecule has 0 aliphatic carbocycles. The fraction of sp³-hybridized carbons (Fsp3) is 0. The first-order valence-electron chi connectivity index (χ1n) is 18.3. The van der Waals surface area contributed by atoms with E-state index in [2.05, 4.69) is 165 Å². The van der Waals surface area contributed by atoms with Gasteiger partial charge < -0.3 is 13.7 Å². The number of fused-ring (bicyclic) bond motifs is 9. The van der Waals surface area contributed by atoms with Crippen molar-refractivity contribution in [3.05, 3.63) is 187 Å². The third-order valence-electron chi connectivity index (χ3n) is 11.1. The first-order valence-corrected chi connectivity index (χ1v) is 18.3. The van der Waals surface area contributed by atoms with Gasteiger partial charge in [-0.05, 0) is 66.2 Å². The Bertz CT molecular complexity index is 3420. The van der Waals surface area contributed by atoms with Crippen molar-refractivity contribution in [1.82, 2.24) is 13.7 Å². The van der Waals surface area contributed by atoms with Crippen LogP contribution in [0.1, 0.15) is 11.1 Å². The van der Waals surface area contributed by atoms with E-state index in [4.69, 9.17) is 0 Å². The summed E-state index contributed by atoms with van der Waals surface area (Å²) in [5.74, 6) is 0.